The SMILES string of the molecule is COc1ccc(C)cc1C(=O)CCNC(C)C. The molecule has 0 aliphatic carbocycles. The largest absolute Gasteiger partial charge is 0.496 e. The van der Waals surface area contributed by atoms with E-state index >= 15 is 0 Å². The van der Waals surface area contributed by atoms with Crippen LogP contribution in [0.2, 0.25) is 0 Å². The lowest BCUT2D eigenvalue weighted by Crippen LogP contribution is -2.25. The van der Waals surface area contributed by atoms with Crippen LogP contribution in [-0.2, 0) is 0 Å². The minimum atomic E-state index is 0.124. The van der Waals surface area contributed by atoms with Gasteiger partial charge in [-0.1, -0.05) is 25.5 Å². The highest BCUT2D eigenvalue weighted by molar-refractivity contribution is 5.98. The summed E-state index contributed by atoms with van der Waals surface area (Å²) >= 11 is 0. The third-order valence-electron chi connectivity index (χ3n) is 2.56. The van der Waals surface area contributed by atoms with Crippen molar-refractivity contribution in [3.63, 3.8) is 0 Å². The Hall–Kier alpha value is -1.35. The zero-order chi connectivity index (χ0) is 12.8. The summed E-state index contributed by atoms with van der Waals surface area (Å²) < 4.78 is 5.21. The van der Waals surface area contributed by atoms with Crippen molar-refractivity contribution >= 4 is 5.78 Å². The fourth-order valence-corrected chi connectivity index (χ4v) is 1.65. The number of hydrogen-bond acceptors (Lipinski definition) is 3. The predicted octanol–water partition coefficient (Wildman–Crippen LogP) is 2.57. The molecule has 0 aliphatic heterocycles. The van der Waals surface area contributed by atoms with Crippen LogP contribution in [0.25, 0.3) is 0 Å². The van der Waals surface area contributed by atoms with E-state index in [0.29, 0.717) is 30.3 Å². The first-order chi connectivity index (χ1) is 8.04. The number of carbonyl (C=O) groups excluding carboxylic acids is 1. The molecule has 1 rings (SSSR count). The van der Waals surface area contributed by atoms with Gasteiger partial charge in [-0.05, 0) is 19.1 Å². The van der Waals surface area contributed by atoms with E-state index in [1.54, 1.807) is 7.11 Å². The zero-order valence-corrected chi connectivity index (χ0v) is 11.0. The Morgan fingerprint density at radius 2 is 2.12 bits per heavy atom. The molecule has 94 valence electrons. The molecule has 0 aliphatic rings. The molecule has 17 heavy (non-hydrogen) atoms. The van der Waals surface area contributed by atoms with Crippen LogP contribution in [0.5, 0.6) is 5.75 Å². The standard InChI is InChI=1S/C14H21NO2/c1-10(2)15-8-7-13(16)12-9-11(3)5-6-14(12)17-4/h5-6,9-10,15H,7-8H2,1-4H3. The zero-order valence-electron chi connectivity index (χ0n) is 11.0. The highest BCUT2D eigenvalue weighted by Gasteiger charge is 2.12. The van der Waals surface area contributed by atoms with Crippen molar-refractivity contribution in [1.82, 2.24) is 5.32 Å². The number of nitrogens with one attached hydrogen (secondary N) is 1. The van der Waals surface area contributed by atoms with Crippen LogP contribution in [0.15, 0.2) is 18.2 Å². The summed E-state index contributed by atoms with van der Waals surface area (Å²) in [7, 11) is 1.59. The summed E-state index contributed by atoms with van der Waals surface area (Å²) in [5.74, 6) is 0.781. The van der Waals surface area contributed by atoms with E-state index in [1.165, 1.54) is 0 Å². The lowest BCUT2D eigenvalue weighted by atomic mass is 10.0. The Labute approximate surface area is 103 Å². The van der Waals surface area contributed by atoms with Gasteiger partial charge in [0.1, 0.15) is 5.75 Å². The molecular formula is C14H21NO2. The summed E-state index contributed by atoms with van der Waals surface area (Å²) in [6.07, 6.45) is 0.498. The van der Waals surface area contributed by atoms with Gasteiger partial charge in [0.15, 0.2) is 5.78 Å². The minimum Gasteiger partial charge on any atom is -0.496 e. The van der Waals surface area contributed by atoms with Crippen molar-refractivity contribution < 1.29 is 9.53 Å². The van der Waals surface area contributed by atoms with Crippen molar-refractivity contribution in [3.8, 4) is 5.75 Å². The molecule has 1 aromatic rings. The second kappa shape index (κ2) is 6.40. The maximum atomic E-state index is 12.0. The molecule has 0 amide bonds. The normalized spacial score (nSPS) is 10.6. The van der Waals surface area contributed by atoms with Gasteiger partial charge in [0, 0.05) is 19.0 Å². The number of rotatable bonds is 6. The molecule has 0 saturated heterocycles. The maximum Gasteiger partial charge on any atom is 0.167 e. The van der Waals surface area contributed by atoms with Gasteiger partial charge in [0.25, 0.3) is 0 Å². The number of ketones is 1. The maximum absolute atomic E-state index is 12.0. The van der Waals surface area contributed by atoms with Gasteiger partial charge in [-0.25, -0.2) is 0 Å². The van der Waals surface area contributed by atoms with E-state index in [-0.39, 0.29) is 5.78 Å². The molecular weight excluding hydrogens is 214 g/mol. The second-order valence-corrected chi connectivity index (χ2v) is 4.49. The van der Waals surface area contributed by atoms with Crippen LogP contribution in [-0.4, -0.2) is 25.5 Å². The number of hydrogen-bond donors (Lipinski definition) is 1. The van der Waals surface area contributed by atoms with Gasteiger partial charge in [-0.2, -0.15) is 0 Å². The van der Waals surface area contributed by atoms with Crippen LogP contribution in [0, 0.1) is 6.92 Å². The van der Waals surface area contributed by atoms with Gasteiger partial charge in [-0.3, -0.25) is 4.79 Å². The average molecular weight is 235 g/mol. The van der Waals surface area contributed by atoms with E-state index in [4.69, 9.17) is 4.74 Å². The molecule has 3 heteroatoms. The monoisotopic (exact) mass is 235 g/mol. The van der Waals surface area contributed by atoms with Crippen molar-refractivity contribution in [2.75, 3.05) is 13.7 Å². The van der Waals surface area contributed by atoms with E-state index < -0.39 is 0 Å². The third-order valence-corrected chi connectivity index (χ3v) is 2.56. The van der Waals surface area contributed by atoms with Crippen molar-refractivity contribution in [3.05, 3.63) is 29.3 Å². The Morgan fingerprint density at radius 3 is 2.71 bits per heavy atom. The molecule has 0 fully saturated rings. The molecule has 0 bridgehead atoms. The van der Waals surface area contributed by atoms with Crippen LogP contribution < -0.4 is 10.1 Å². The lowest BCUT2D eigenvalue weighted by Gasteiger charge is -2.10. The summed E-state index contributed by atoms with van der Waals surface area (Å²) in [5, 5.41) is 3.24. The highest BCUT2D eigenvalue weighted by Crippen LogP contribution is 2.20. The Bertz CT molecular complexity index is 386. The van der Waals surface area contributed by atoms with Crippen LogP contribution in [0.1, 0.15) is 36.2 Å². The molecule has 0 radical (unpaired) electrons. The van der Waals surface area contributed by atoms with E-state index in [1.807, 2.05) is 25.1 Å². The van der Waals surface area contributed by atoms with Crippen molar-refractivity contribution in [2.45, 2.75) is 33.2 Å². The fourth-order valence-electron chi connectivity index (χ4n) is 1.65. The molecule has 0 aromatic heterocycles. The number of Topliss-reactive ketones (excluding diaryl/α,β-unsaturated/α-hetero) is 1. The summed E-state index contributed by atoms with van der Waals surface area (Å²) in [6.45, 7) is 6.81. The van der Waals surface area contributed by atoms with Crippen molar-refractivity contribution in [2.24, 2.45) is 0 Å². The first kappa shape index (κ1) is 13.7. The second-order valence-electron chi connectivity index (χ2n) is 4.49. The average Bonchev–Trinajstić information content (AvgIpc) is 2.28. The van der Waals surface area contributed by atoms with Gasteiger partial charge in [-0.15, -0.1) is 0 Å². The van der Waals surface area contributed by atoms with E-state index in [0.717, 1.165) is 5.56 Å². The number of carbonyl (C=O) groups is 1. The van der Waals surface area contributed by atoms with Crippen LogP contribution in [0.4, 0.5) is 0 Å². The summed E-state index contributed by atoms with van der Waals surface area (Å²) in [6, 6.07) is 6.08. The molecule has 0 atom stereocenters. The molecule has 0 heterocycles. The van der Waals surface area contributed by atoms with Gasteiger partial charge >= 0.3 is 0 Å². The summed E-state index contributed by atoms with van der Waals surface area (Å²) in [4.78, 5) is 12.0. The Morgan fingerprint density at radius 1 is 1.41 bits per heavy atom. The first-order valence-corrected chi connectivity index (χ1v) is 5.96. The van der Waals surface area contributed by atoms with Crippen molar-refractivity contribution in [1.29, 1.82) is 0 Å². The van der Waals surface area contributed by atoms with Crippen LogP contribution >= 0.6 is 0 Å². The Balaban J connectivity index is 2.70. The highest BCUT2D eigenvalue weighted by atomic mass is 16.5. The third kappa shape index (κ3) is 4.19. The van der Waals surface area contributed by atoms with Gasteiger partial charge in [0.2, 0.25) is 0 Å². The lowest BCUT2D eigenvalue weighted by molar-refractivity contribution is 0.0979. The topological polar surface area (TPSA) is 38.3 Å². The van der Waals surface area contributed by atoms with E-state index in [2.05, 4.69) is 19.2 Å². The predicted molar refractivity (Wildman–Crippen MR) is 69.8 cm³/mol. The molecule has 0 spiro atoms. The quantitative estimate of drug-likeness (QED) is 0.770. The number of methoxy groups -OCH3 is 1. The molecule has 1 aromatic carbocycles. The van der Waals surface area contributed by atoms with Gasteiger partial charge < -0.3 is 10.1 Å². The smallest absolute Gasteiger partial charge is 0.167 e. The first-order valence-electron chi connectivity index (χ1n) is 5.96. The van der Waals surface area contributed by atoms with Crippen LogP contribution in [0.3, 0.4) is 0 Å². The number of benzene rings is 1. The Kier molecular flexibility index (Phi) is 5.16. The number of aryl methyl sites for hydroxylation is 1. The van der Waals surface area contributed by atoms with Gasteiger partial charge in [0.05, 0.1) is 12.7 Å². The number of ether oxygens (including phenoxy) is 1. The molecule has 0 saturated carbocycles. The fraction of sp³-hybridized carbons (Fsp3) is 0.500. The van der Waals surface area contributed by atoms with E-state index in [9.17, 15) is 4.79 Å². The molecule has 1 N–H and O–H groups in total. The summed E-state index contributed by atoms with van der Waals surface area (Å²) in [5.41, 5.74) is 1.75. The molecule has 0 unspecified atom stereocenters. The minimum absolute atomic E-state index is 0.124. The molecule has 3 nitrogen and oxygen atoms in total.